The van der Waals surface area contributed by atoms with E-state index in [0.717, 1.165) is 11.1 Å². The van der Waals surface area contributed by atoms with Crippen molar-refractivity contribution in [1.82, 2.24) is 0 Å². The van der Waals surface area contributed by atoms with E-state index < -0.39 is 0 Å². The first-order valence-electron chi connectivity index (χ1n) is 7.42. The van der Waals surface area contributed by atoms with Crippen LogP contribution in [0.15, 0.2) is 48.2 Å². The van der Waals surface area contributed by atoms with Crippen molar-refractivity contribution in [3.63, 3.8) is 0 Å². The van der Waals surface area contributed by atoms with Crippen LogP contribution in [0.25, 0.3) is 6.08 Å². The number of fused-ring (bicyclic) bond motifs is 1. The van der Waals surface area contributed by atoms with Gasteiger partial charge in [-0.1, -0.05) is 36.8 Å². The first-order valence-corrected chi connectivity index (χ1v) is 7.42. The number of Topliss-reactive ketones (excluding diaryl/α,β-unsaturated/α-hetero) is 1. The topological polar surface area (TPSA) is 52.6 Å². The molecule has 0 aliphatic carbocycles. The van der Waals surface area contributed by atoms with E-state index >= 15 is 0 Å². The van der Waals surface area contributed by atoms with Gasteiger partial charge in [0.2, 0.25) is 5.78 Å². The summed E-state index contributed by atoms with van der Waals surface area (Å²) in [7, 11) is 0. The lowest BCUT2D eigenvalue weighted by atomic mass is 10.1. The summed E-state index contributed by atoms with van der Waals surface area (Å²) in [5.41, 5.74) is 2.48. The molecule has 0 fully saturated rings. The quantitative estimate of drug-likeness (QED) is 0.490. The minimum atomic E-state index is -0.329. The predicted octanol–water partition coefficient (Wildman–Crippen LogP) is 3.93. The number of hydrogen-bond acceptors (Lipinski definition) is 4. The van der Waals surface area contributed by atoms with Gasteiger partial charge in [0.05, 0.1) is 5.56 Å². The SMILES string of the molecule is CCC(=O)Oc1ccc2c(c1)OC(=Cc1cccc(C)c1)C2=O. The summed E-state index contributed by atoms with van der Waals surface area (Å²) in [6, 6.07) is 12.6. The Morgan fingerprint density at radius 3 is 2.78 bits per heavy atom. The molecule has 3 rings (SSSR count). The highest BCUT2D eigenvalue weighted by Crippen LogP contribution is 2.35. The van der Waals surface area contributed by atoms with Crippen molar-refractivity contribution in [1.29, 1.82) is 0 Å². The molecular weight excluding hydrogens is 292 g/mol. The van der Waals surface area contributed by atoms with Crippen LogP contribution in [0, 0.1) is 6.92 Å². The van der Waals surface area contributed by atoms with E-state index in [-0.39, 0.29) is 23.9 Å². The Balaban J connectivity index is 1.88. The molecule has 23 heavy (non-hydrogen) atoms. The van der Waals surface area contributed by atoms with E-state index in [1.165, 1.54) is 0 Å². The third-order valence-corrected chi connectivity index (χ3v) is 3.50. The molecule has 0 saturated carbocycles. The molecule has 0 aromatic heterocycles. The highest BCUT2D eigenvalue weighted by molar-refractivity contribution is 6.14. The van der Waals surface area contributed by atoms with Gasteiger partial charge in [-0.25, -0.2) is 0 Å². The molecule has 1 aliphatic heterocycles. The van der Waals surface area contributed by atoms with E-state index in [2.05, 4.69) is 0 Å². The van der Waals surface area contributed by atoms with Crippen LogP contribution in [0.5, 0.6) is 11.5 Å². The van der Waals surface area contributed by atoms with E-state index in [1.807, 2.05) is 31.2 Å². The predicted molar refractivity (Wildman–Crippen MR) is 86.5 cm³/mol. The third kappa shape index (κ3) is 3.16. The monoisotopic (exact) mass is 308 g/mol. The van der Waals surface area contributed by atoms with Crippen molar-refractivity contribution >= 4 is 17.8 Å². The van der Waals surface area contributed by atoms with Gasteiger partial charge in [-0.05, 0) is 30.7 Å². The van der Waals surface area contributed by atoms with Gasteiger partial charge in [0.15, 0.2) is 5.76 Å². The highest BCUT2D eigenvalue weighted by Gasteiger charge is 2.27. The Labute approximate surface area is 134 Å². The molecule has 0 spiro atoms. The second-order valence-corrected chi connectivity index (χ2v) is 5.34. The molecule has 0 atom stereocenters. The number of benzene rings is 2. The van der Waals surface area contributed by atoms with Gasteiger partial charge in [0.1, 0.15) is 11.5 Å². The third-order valence-electron chi connectivity index (χ3n) is 3.50. The van der Waals surface area contributed by atoms with E-state index in [4.69, 9.17) is 9.47 Å². The number of aryl methyl sites for hydroxylation is 1. The summed E-state index contributed by atoms with van der Waals surface area (Å²) in [6.45, 7) is 3.71. The lowest BCUT2D eigenvalue weighted by Gasteiger charge is -2.04. The zero-order valence-electron chi connectivity index (χ0n) is 13.0. The molecule has 0 saturated heterocycles. The van der Waals surface area contributed by atoms with Crippen molar-refractivity contribution in [3.8, 4) is 11.5 Å². The Hall–Kier alpha value is -2.88. The number of ether oxygens (including phenoxy) is 2. The summed E-state index contributed by atoms with van der Waals surface area (Å²) in [5, 5.41) is 0. The molecule has 4 nitrogen and oxygen atoms in total. The molecule has 2 aromatic rings. The second-order valence-electron chi connectivity index (χ2n) is 5.34. The fraction of sp³-hybridized carbons (Fsp3) is 0.158. The minimum Gasteiger partial charge on any atom is -0.452 e. The summed E-state index contributed by atoms with van der Waals surface area (Å²) in [5.74, 6) is 0.555. The van der Waals surface area contributed by atoms with Crippen LogP contribution >= 0.6 is 0 Å². The van der Waals surface area contributed by atoms with E-state index in [0.29, 0.717) is 17.1 Å². The van der Waals surface area contributed by atoms with Gasteiger partial charge >= 0.3 is 5.97 Å². The van der Waals surface area contributed by atoms with Gasteiger partial charge in [-0.3, -0.25) is 9.59 Å². The van der Waals surface area contributed by atoms with E-state index in [9.17, 15) is 9.59 Å². The maximum absolute atomic E-state index is 12.4. The summed E-state index contributed by atoms with van der Waals surface area (Å²) < 4.78 is 10.8. The van der Waals surface area contributed by atoms with Crippen molar-refractivity contribution in [2.75, 3.05) is 0 Å². The van der Waals surface area contributed by atoms with Crippen LogP contribution in [0.4, 0.5) is 0 Å². The van der Waals surface area contributed by atoms with Crippen molar-refractivity contribution < 1.29 is 19.1 Å². The summed E-state index contributed by atoms with van der Waals surface area (Å²) in [4.78, 5) is 23.7. The standard InChI is InChI=1S/C19H16O4/c1-3-18(20)22-14-7-8-15-16(11-14)23-17(19(15)21)10-13-6-4-5-12(2)9-13/h4-11H,3H2,1-2H3. The molecule has 0 N–H and O–H groups in total. The Morgan fingerprint density at radius 1 is 1.22 bits per heavy atom. The van der Waals surface area contributed by atoms with Crippen molar-refractivity contribution in [2.45, 2.75) is 20.3 Å². The van der Waals surface area contributed by atoms with Gasteiger partial charge in [0, 0.05) is 12.5 Å². The number of carbonyl (C=O) groups is 2. The molecule has 116 valence electrons. The fourth-order valence-electron chi connectivity index (χ4n) is 2.35. The van der Waals surface area contributed by atoms with Crippen LogP contribution in [0.2, 0.25) is 0 Å². The lowest BCUT2D eigenvalue weighted by Crippen LogP contribution is -2.05. The zero-order valence-corrected chi connectivity index (χ0v) is 13.0. The molecule has 1 aliphatic rings. The second kappa shape index (κ2) is 6.08. The molecule has 2 aromatic carbocycles. The summed E-state index contributed by atoms with van der Waals surface area (Å²) in [6.07, 6.45) is 2.00. The van der Waals surface area contributed by atoms with Gasteiger partial charge in [-0.15, -0.1) is 0 Å². The first-order chi connectivity index (χ1) is 11.1. The molecule has 4 heteroatoms. The Morgan fingerprint density at radius 2 is 2.04 bits per heavy atom. The van der Waals surface area contributed by atoms with Crippen LogP contribution in [0.1, 0.15) is 34.8 Å². The van der Waals surface area contributed by atoms with Crippen LogP contribution < -0.4 is 9.47 Å². The number of hydrogen-bond donors (Lipinski definition) is 0. The van der Waals surface area contributed by atoms with Crippen LogP contribution in [-0.4, -0.2) is 11.8 Å². The van der Waals surface area contributed by atoms with E-state index in [1.54, 1.807) is 31.2 Å². The van der Waals surface area contributed by atoms with Crippen LogP contribution in [0.3, 0.4) is 0 Å². The highest BCUT2D eigenvalue weighted by atomic mass is 16.5. The Kier molecular flexibility index (Phi) is 3.98. The molecule has 0 unspecified atom stereocenters. The maximum Gasteiger partial charge on any atom is 0.310 e. The normalized spacial score (nSPS) is 14.5. The number of ketones is 1. The largest absolute Gasteiger partial charge is 0.452 e. The smallest absolute Gasteiger partial charge is 0.310 e. The lowest BCUT2D eigenvalue weighted by molar-refractivity contribution is -0.134. The van der Waals surface area contributed by atoms with Crippen LogP contribution in [-0.2, 0) is 4.79 Å². The molecule has 0 amide bonds. The molecular formula is C19H16O4. The number of rotatable bonds is 3. The summed E-state index contributed by atoms with van der Waals surface area (Å²) >= 11 is 0. The van der Waals surface area contributed by atoms with Gasteiger partial charge < -0.3 is 9.47 Å². The van der Waals surface area contributed by atoms with Crippen molar-refractivity contribution in [3.05, 3.63) is 64.9 Å². The fourth-order valence-corrected chi connectivity index (χ4v) is 2.35. The number of allylic oxidation sites excluding steroid dienone is 1. The molecule has 0 bridgehead atoms. The first kappa shape index (κ1) is 15.0. The average Bonchev–Trinajstić information content (AvgIpc) is 2.83. The van der Waals surface area contributed by atoms with Crippen molar-refractivity contribution in [2.24, 2.45) is 0 Å². The maximum atomic E-state index is 12.4. The number of carbonyl (C=O) groups excluding carboxylic acids is 2. The molecule has 1 heterocycles. The zero-order chi connectivity index (χ0) is 16.4. The molecule has 0 radical (unpaired) electrons. The minimum absolute atomic E-state index is 0.171. The average molecular weight is 308 g/mol. The van der Waals surface area contributed by atoms with Gasteiger partial charge in [-0.2, -0.15) is 0 Å². The Bertz CT molecular complexity index is 818. The number of esters is 1. The van der Waals surface area contributed by atoms with Gasteiger partial charge in [0.25, 0.3) is 0 Å².